The molecule has 0 aromatic heterocycles. The predicted octanol–water partition coefficient (Wildman–Crippen LogP) is 1.52. The molecular formula is C12H16ClNO3S. The minimum absolute atomic E-state index is 0.199. The lowest BCUT2D eigenvalue weighted by atomic mass is 10.1. The summed E-state index contributed by atoms with van der Waals surface area (Å²) in [4.78, 5) is 11.6. The Labute approximate surface area is 112 Å². The van der Waals surface area contributed by atoms with Gasteiger partial charge in [0.25, 0.3) is 0 Å². The Hall–Kier alpha value is -1.07. The van der Waals surface area contributed by atoms with Gasteiger partial charge in [0.05, 0.1) is 5.38 Å². The van der Waals surface area contributed by atoms with Crippen LogP contribution in [-0.4, -0.2) is 32.4 Å². The zero-order valence-corrected chi connectivity index (χ0v) is 11.8. The molecule has 0 fully saturated rings. The molecule has 0 bridgehead atoms. The van der Waals surface area contributed by atoms with Crippen LogP contribution in [0.25, 0.3) is 0 Å². The summed E-state index contributed by atoms with van der Waals surface area (Å²) >= 11 is 6.11. The lowest BCUT2D eigenvalue weighted by Gasteiger charge is -2.13. The van der Waals surface area contributed by atoms with Crippen LogP contribution < -0.4 is 5.32 Å². The molecule has 1 amide bonds. The Morgan fingerprint density at radius 2 is 1.89 bits per heavy atom. The molecule has 100 valence electrons. The summed E-state index contributed by atoms with van der Waals surface area (Å²) in [5.74, 6) is -0.529. The molecule has 1 aromatic rings. The molecule has 2 unspecified atom stereocenters. The minimum atomic E-state index is -3.37. The molecule has 6 heteroatoms. The first-order chi connectivity index (χ1) is 8.32. The number of halogens is 1. The maximum absolute atomic E-state index is 11.6. The molecule has 0 aliphatic rings. The van der Waals surface area contributed by atoms with Gasteiger partial charge in [-0.1, -0.05) is 30.3 Å². The van der Waals surface area contributed by atoms with Crippen LogP contribution >= 0.6 is 11.6 Å². The molecule has 1 N–H and O–H groups in total. The van der Waals surface area contributed by atoms with E-state index in [2.05, 4.69) is 5.32 Å². The molecule has 18 heavy (non-hydrogen) atoms. The minimum Gasteiger partial charge on any atom is -0.353 e. The molecule has 1 rings (SSSR count). The van der Waals surface area contributed by atoms with Crippen molar-refractivity contribution in [3.05, 3.63) is 35.9 Å². The van der Waals surface area contributed by atoms with Crippen molar-refractivity contribution < 1.29 is 13.2 Å². The third-order valence-electron chi connectivity index (χ3n) is 2.63. The number of carbonyl (C=O) groups excluding carboxylic acids is 1. The van der Waals surface area contributed by atoms with Gasteiger partial charge in [0, 0.05) is 12.8 Å². The first-order valence-electron chi connectivity index (χ1n) is 5.48. The second-order valence-corrected chi connectivity index (χ2v) is 6.99. The van der Waals surface area contributed by atoms with E-state index in [1.54, 1.807) is 0 Å². The number of carbonyl (C=O) groups is 1. The number of rotatable bonds is 5. The Morgan fingerprint density at radius 1 is 1.33 bits per heavy atom. The Kier molecular flexibility index (Phi) is 5.16. The molecule has 2 atom stereocenters. The van der Waals surface area contributed by atoms with Gasteiger partial charge in [0.1, 0.15) is 5.25 Å². The largest absolute Gasteiger partial charge is 0.353 e. The van der Waals surface area contributed by atoms with Crippen molar-refractivity contribution in [3.63, 3.8) is 0 Å². The monoisotopic (exact) mass is 289 g/mol. The van der Waals surface area contributed by atoms with Gasteiger partial charge in [-0.3, -0.25) is 4.79 Å². The summed E-state index contributed by atoms with van der Waals surface area (Å²) in [7, 11) is -3.37. The van der Waals surface area contributed by atoms with Gasteiger partial charge in [-0.05, 0) is 12.5 Å². The SMILES string of the molecule is CC(C(=O)NCC(Cl)c1ccccc1)S(C)(=O)=O. The normalized spacial score (nSPS) is 14.8. The standard InChI is InChI=1S/C12H16ClNO3S/c1-9(18(2,16)17)12(15)14-8-11(13)10-6-4-3-5-7-10/h3-7,9,11H,8H2,1-2H3,(H,14,15). The van der Waals surface area contributed by atoms with Crippen LogP contribution in [0.4, 0.5) is 0 Å². The molecular weight excluding hydrogens is 274 g/mol. The number of nitrogens with one attached hydrogen (secondary N) is 1. The highest BCUT2D eigenvalue weighted by Gasteiger charge is 2.23. The smallest absolute Gasteiger partial charge is 0.238 e. The maximum Gasteiger partial charge on any atom is 0.238 e. The molecule has 4 nitrogen and oxygen atoms in total. The van der Waals surface area contributed by atoms with E-state index in [0.29, 0.717) is 0 Å². The van der Waals surface area contributed by atoms with E-state index in [1.165, 1.54) is 6.92 Å². The highest BCUT2D eigenvalue weighted by atomic mass is 35.5. The third kappa shape index (κ3) is 4.31. The number of hydrogen-bond donors (Lipinski definition) is 1. The topological polar surface area (TPSA) is 63.2 Å². The Bertz CT molecular complexity index is 501. The van der Waals surface area contributed by atoms with Crippen LogP contribution in [0.5, 0.6) is 0 Å². The summed E-state index contributed by atoms with van der Waals surface area (Å²) in [6.45, 7) is 1.56. The first kappa shape index (κ1) is 15.0. The van der Waals surface area contributed by atoms with Crippen molar-refractivity contribution in [2.45, 2.75) is 17.6 Å². The molecule has 0 heterocycles. The number of benzene rings is 1. The summed E-state index contributed by atoms with van der Waals surface area (Å²) in [5, 5.41) is 1.11. The van der Waals surface area contributed by atoms with Gasteiger partial charge in [-0.15, -0.1) is 11.6 Å². The number of amides is 1. The Morgan fingerprint density at radius 3 is 2.39 bits per heavy atom. The van der Waals surface area contributed by atoms with Crippen LogP contribution in [-0.2, 0) is 14.6 Å². The van der Waals surface area contributed by atoms with Crippen LogP contribution in [0.2, 0.25) is 0 Å². The van der Waals surface area contributed by atoms with Crippen LogP contribution in [0.3, 0.4) is 0 Å². The van der Waals surface area contributed by atoms with Crippen molar-refractivity contribution in [2.75, 3.05) is 12.8 Å². The van der Waals surface area contributed by atoms with E-state index in [1.807, 2.05) is 30.3 Å². The number of hydrogen-bond acceptors (Lipinski definition) is 3. The fourth-order valence-corrected chi connectivity index (χ4v) is 2.00. The average Bonchev–Trinajstić information content (AvgIpc) is 2.34. The summed E-state index contributed by atoms with van der Waals surface area (Å²) in [6.07, 6.45) is 1.03. The quantitative estimate of drug-likeness (QED) is 0.836. The first-order valence-corrected chi connectivity index (χ1v) is 7.87. The van der Waals surface area contributed by atoms with Crippen LogP contribution in [0.1, 0.15) is 17.9 Å². The van der Waals surface area contributed by atoms with Crippen molar-refractivity contribution in [1.29, 1.82) is 0 Å². The van der Waals surface area contributed by atoms with Gasteiger partial charge in [0.15, 0.2) is 9.84 Å². The molecule has 0 aliphatic heterocycles. The highest BCUT2D eigenvalue weighted by molar-refractivity contribution is 7.92. The van der Waals surface area contributed by atoms with Crippen molar-refractivity contribution in [1.82, 2.24) is 5.32 Å². The Balaban J connectivity index is 2.54. The third-order valence-corrected chi connectivity index (χ3v) is 4.53. The summed E-state index contributed by atoms with van der Waals surface area (Å²) in [6, 6.07) is 9.28. The van der Waals surface area contributed by atoms with Crippen molar-refractivity contribution in [2.24, 2.45) is 0 Å². The van der Waals surface area contributed by atoms with E-state index in [9.17, 15) is 13.2 Å². The fourth-order valence-electron chi connectivity index (χ4n) is 1.31. The van der Waals surface area contributed by atoms with Gasteiger partial charge >= 0.3 is 0 Å². The van der Waals surface area contributed by atoms with E-state index < -0.39 is 21.0 Å². The van der Waals surface area contributed by atoms with Gasteiger partial charge < -0.3 is 5.32 Å². The average molecular weight is 290 g/mol. The highest BCUT2D eigenvalue weighted by Crippen LogP contribution is 2.18. The maximum atomic E-state index is 11.6. The van der Waals surface area contributed by atoms with Crippen LogP contribution in [0.15, 0.2) is 30.3 Å². The van der Waals surface area contributed by atoms with Crippen LogP contribution in [0, 0.1) is 0 Å². The van der Waals surface area contributed by atoms with Gasteiger partial charge in [0.2, 0.25) is 5.91 Å². The van der Waals surface area contributed by atoms with Gasteiger partial charge in [-0.2, -0.15) is 0 Å². The zero-order chi connectivity index (χ0) is 13.8. The fraction of sp³-hybridized carbons (Fsp3) is 0.417. The van der Waals surface area contributed by atoms with E-state index in [-0.39, 0.29) is 11.9 Å². The molecule has 0 spiro atoms. The predicted molar refractivity (Wildman–Crippen MR) is 72.4 cm³/mol. The molecule has 1 aromatic carbocycles. The summed E-state index contributed by atoms with van der Waals surface area (Å²) in [5.41, 5.74) is 0.881. The second-order valence-electron chi connectivity index (χ2n) is 4.10. The molecule has 0 radical (unpaired) electrons. The second kappa shape index (κ2) is 6.20. The van der Waals surface area contributed by atoms with Crippen molar-refractivity contribution >= 4 is 27.3 Å². The van der Waals surface area contributed by atoms with E-state index in [0.717, 1.165) is 11.8 Å². The van der Waals surface area contributed by atoms with Gasteiger partial charge in [-0.25, -0.2) is 8.42 Å². The van der Waals surface area contributed by atoms with E-state index in [4.69, 9.17) is 11.6 Å². The molecule has 0 saturated heterocycles. The summed E-state index contributed by atoms with van der Waals surface area (Å²) < 4.78 is 22.4. The lowest BCUT2D eigenvalue weighted by Crippen LogP contribution is -2.38. The zero-order valence-electron chi connectivity index (χ0n) is 10.3. The molecule has 0 saturated carbocycles. The van der Waals surface area contributed by atoms with Crippen molar-refractivity contribution in [3.8, 4) is 0 Å². The number of alkyl halides is 1. The lowest BCUT2D eigenvalue weighted by molar-refractivity contribution is -0.120. The van der Waals surface area contributed by atoms with E-state index >= 15 is 0 Å². The molecule has 0 aliphatic carbocycles. The number of sulfone groups is 1.